The van der Waals surface area contributed by atoms with Crippen molar-refractivity contribution in [2.75, 3.05) is 11.4 Å². The first-order valence-corrected chi connectivity index (χ1v) is 7.45. The van der Waals surface area contributed by atoms with Gasteiger partial charge in [0.15, 0.2) is 0 Å². The van der Waals surface area contributed by atoms with Gasteiger partial charge in [0.1, 0.15) is 5.82 Å². The Morgan fingerprint density at radius 3 is 2.67 bits per heavy atom. The van der Waals surface area contributed by atoms with Gasteiger partial charge in [-0.25, -0.2) is 9.78 Å². The number of piperidine rings is 1. The van der Waals surface area contributed by atoms with Crippen molar-refractivity contribution in [3.63, 3.8) is 0 Å². The molecule has 2 aromatic rings. The van der Waals surface area contributed by atoms with Crippen LogP contribution in [0.1, 0.15) is 37.0 Å². The Hall–Kier alpha value is -2.10. The van der Waals surface area contributed by atoms with E-state index in [-0.39, 0.29) is 5.56 Å². The van der Waals surface area contributed by atoms with Crippen molar-refractivity contribution in [3.8, 4) is 0 Å². The Labute approximate surface area is 124 Å². The number of fused-ring (bicyclic) bond motifs is 1. The molecule has 1 aromatic carbocycles. The summed E-state index contributed by atoms with van der Waals surface area (Å²) in [6, 6.07) is 8.09. The molecule has 1 saturated heterocycles. The second-order valence-electron chi connectivity index (χ2n) is 6.03. The SMILES string of the molecule is CC1CCC(C)N(c2ncc(C(=O)O)c3ccccc23)C1. The number of rotatable bonds is 2. The summed E-state index contributed by atoms with van der Waals surface area (Å²) in [4.78, 5) is 18.2. The predicted molar refractivity (Wildman–Crippen MR) is 83.9 cm³/mol. The topological polar surface area (TPSA) is 53.4 Å². The van der Waals surface area contributed by atoms with Gasteiger partial charge in [-0.15, -0.1) is 0 Å². The Morgan fingerprint density at radius 1 is 1.24 bits per heavy atom. The van der Waals surface area contributed by atoms with Crippen molar-refractivity contribution in [2.24, 2.45) is 5.92 Å². The van der Waals surface area contributed by atoms with E-state index in [1.807, 2.05) is 24.3 Å². The maximum atomic E-state index is 11.4. The molecule has 1 aromatic heterocycles. The number of hydrogen-bond donors (Lipinski definition) is 1. The minimum absolute atomic E-state index is 0.270. The average Bonchev–Trinajstić information content (AvgIpc) is 2.48. The first-order chi connectivity index (χ1) is 10.1. The van der Waals surface area contributed by atoms with Crippen LogP contribution in [0.5, 0.6) is 0 Å². The number of carboxylic acids is 1. The average molecular weight is 284 g/mol. The lowest BCUT2D eigenvalue weighted by Crippen LogP contribution is -2.41. The lowest BCUT2D eigenvalue weighted by molar-refractivity contribution is 0.0698. The summed E-state index contributed by atoms with van der Waals surface area (Å²) in [5.74, 6) is 0.626. The molecule has 0 saturated carbocycles. The molecule has 0 amide bonds. The number of aromatic carboxylic acids is 1. The van der Waals surface area contributed by atoms with Gasteiger partial charge in [0.2, 0.25) is 0 Å². The summed E-state index contributed by atoms with van der Waals surface area (Å²) in [5.41, 5.74) is 0.270. The van der Waals surface area contributed by atoms with Crippen molar-refractivity contribution in [1.29, 1.82) is 0 Å². The molecule has 1 N–H and O–H groups in total. The Morgan fingerprint density at radius 2 is 1.95 bits per heavy atom. The number of hydrogen-bond acceptors (Lipinski definition) is 3. The van der Waals surface area contributed by atoms with E-state index in [0.717, 1.165) is 29.6 Å². The van der Waals surface area contributed by atoms with Crippen molar-refractivity contribution in [3.05, 3.63) is 36.0 Å². The molecule has 2 heterocycles. The molecular formula is C17H20N2O2. The lowest BCUT2D eigenvalue weighted by Gasteiger charge is -2.38. The number of carboxylic acid groups (broad SMARTS) is 1. The largest absolute Gasteiger partial charge is 0.478 e. The smallest absolute Gasteiger partial charge is 0.337 e. The van der Waals surface area contributed by atoms with E-state index in [4.69, 9.17) is 0 Å². The number of nitrogens with zero attached hydrogens (tertiary/aromatic N) is 2. The first-order valence-electron chi connectivity index (χ1n) is 7.45. The Kier molecular flexibility index (Phi) is 3.53. The standard InChI is InChI=1S/C17H20N2O2/c1-11-7-8-12(2)19(10-11)16-14-6-4-3-5-13(14)15(9-18-16)17(20)21/h3-6,9,11-12H,7-8,10H2,1-2H3,(H,20,21). The zero-order valence-corrected chi connectivity index (χ0v) is 12.4. The Balaban J connectivity index is 2.15. The summed E-state index contributed by atoms with van der Waals surface area (Å²) < 4.78 is 0. The molecule has 1 fully saturated rings. The monoisotopic (exact) mass is 284 g/mol. The summed E-state index contributed by atoms with van der Waals surface area (Å²) in [5, 5.41) is 11.0. The van der Waals surface area contributed by atoms with Crippen molar-refractivity contribution in [1.82, 2.24) is 4.98 Å². The van der Waals surface area contributed by atoms with Crippen LogP contribution in [0, 0.1) is 5.92 Å². The molecule has 0 bridgehead atoms. The second-order valence-corrected chi connectivity index (χ2v) is 6.03. The van der Waals surface area contributed by atoms with Crippen LogP contribution in [-0.2, 0) is 0 Å². The fourth-order valence-electron chi connectivity index (χ4n) is 3.16. The number of pyridine rings is 1. The highest BCUT2D eigenvalue weighted by Crippen LogP contribution is 2.32. The first kappa shape index (κ1) is 13.9. The van der Waals surface area contributed by atoms with Crippen LogP contribution in [-0.4, -0.2) is 28.6 Å². The normalized spacial score (nSPS) is 22.5. The fraction of sp³-hybridized carbons (Fsp3) is 0.412. The van der Waals surface area contributed by atoms with Gasteiger partial charge in [0, 0.05) is 29.6 Å². The molecule has 110 valence electrons. The van der Waals surface area contributed by atoms with E-state index < -0.39 is 5.97 Å². The highest BCUT2D eigenvalue weighted by atomic mass is 16.4. The van der Waals surface area contributed by atoms with E-state index in [2.05, 4.69) is 23.7 Å². The zero-order chi connectivity index (χ0) is 15.0. The summed E-state index contributed by atoms with van der Waals surface area (Å²) in [6.07, 6.45) is 3.88. The molecule has 2 unspecified atom stereocenters. The van der Waals surface area contributed by atoms with E-state index >= 15 is 0 Å². The minimum atomic E-state index is -0.926. The molecule has 1 aliphatic heterocycles. The molecule has 1 aliphatic rings. The van der Waals surface area contributed by atoms with Gasteiger partial charge in [0.05, 0.1) is 5.56 Å². The third kappa shape index (κ3) is 2.46. The summed E-state index contributed by atoms with van der Waals surface area (Å²) in [7, 11) is 0. The van der Waals surface area contributed by atoms with E-state index in [0.29, 0.717) is 12.0 Å². The van der Waals surface area contributed by atoms with E-state index in [1.165, 1.54) is 12.6 Å². The van der Waals surface area contributed by atoms with E-state index in [1.54, 1.807) is 0 Å². The zero-order valence-electron chi connectivity index (χ0n) is 12.4. The predicted octanol–water partition coefficient (Wildman–Crippen LogP) is 3.56. The van der Waals surface area contributed by atoms with Crippen molar-refractivity contribution in [2.45, 2.75) is 32.7 Å². The minimum Gasteiger partial charge on any atom is -0.478 e. The maximum absolute atomic E-state index is 11.4. The second kappa shape index (κ2) is 5.35. The molecule has 4 heteroatoms. The number of aromatic nitrogens is 1. The van der Waals surface area contributed by atoms with Gasteiger partial charge >= 0.3 is 5.97 Å². The number of carbonyl (C=O) groups is 1. The third-order valence-electron chi connectivity index (χ3n) is 4.39. The van der Waals surface area contributed by atoms with Crippen molar-refractivity contribution < 1.29 is 9.90 Å². The van der Waals surface area contributed by atoms with Crippen LogP contribution < -0.4 is 4.90 Å². The van der Waals surface area contributed by atoms with Gasteiger partial charge in [0.25, 0.3) is 0 Å². The van der Waals surface area contributed by atoms with Gasteiger partial charge in [-0.1, -0.05) is 31.2 Å². The van der Waals surface area contributed by atoms with Crippen LogP contribution in [0.4, 0.5) is 5.82 Å². The quantitative estimate of drug-likeness (QED) is 0.916. The molecule has 3 rings (SSSR count). The van der Waals surface area contributed by atoms with Crippen LogP contribution >= 0.6 is 0 Å². The number of anilines is 1. The lowest BCUT2D eigenvalue weighted by atomic mass is 9.94. The highest BCUT2D eigenvalue weighted by Gasteiger charge is 2.26. The molecule has 4 nitrogen and oxygen atoms in total. The van der Waals surface area contributed by atoms with Crippen LogP contribution in [0.25, 0.3) is 10.8 Å². The van der Waals surface area contributed by atoms with Gasteiger partial charge in [-0.3, -0.25) is 0 Å². The number of benzene rings is 1. The highest BCUT2D eigenvalue weighted by molar-refractivity contribution is 6.06. The Bertz CT molecular complexity index is 684. The summed E-state index contributed by atoms with van der Waals surface area (Å²) >= 11 is 0. The molecule has 0 radical (unpaired) electrons. The van der Waals surface area contributed by atoms with Gasteiger partial charge in [-0.2, -0.15) is 0 Å². The van der Waals surface area contributed by atoms with Gasteiger partial charge < -0.3 is 10.0 Å². The molecule has 0 spiro atoms. The van der Waals surface area contributed by atoms with Gasteiger partial charge in [-0.05, 0) is 25.7 Å². The summed E-state index contributed by atoms with van der Waals surface area (Å²) in [6.45, 7) is 5.45. The van der Waals surface area contributed by atoms with Crippen LogP contribution in [0.3, 0.4) is 0 Å². The molecule has 21 heavy (non-hydrogen) atoms. The fourth-order valence-corrected chi connectivity index (χ4v) is 3.16. The maximum Gasteiger partial charge on any atom is 0.337 e. The molecule has 0 aliphatic carbocycles. The van der Waals surface area contributed by atoms with Crippen LogP contribution in [0.15, 0.2) is 30.5 Å². The molecule has 2 atom stereocenters. The van der Waals surface area contributed by atoms with Crippen LogP contribution in [0.2, 0.25) is 0 Å². The molecular weight excluding hydrogens is 264 g/mol. The van der Waals surface area contributed by atoms with Crippen molar-refractivity contribution >= 4 is 22.6 Å². The van der Waals surface area contributed by atoms with E-state index in [9.17, 15) is 9.90 Å². The third-order valence-corrected chi connectivity index (χ3v) is 4.39.